The molecule has 0 unspecified atom stereocenters. The van der Waals surface area contributed by atoms with Gasteiger partial charge in [0.15, 0.2) is 0 Å². The first-order valence-corrected chi connectivity index (χ1v) is 3.44. The number of benzene rings is 1. The molecule has 0 spiro atoms. The van der Waals surface area contributed by atoms with Crippen LogP contribution >= 0.6 is 0 Å². The van der Waals surface area contributed by atoms with Crippen molar-refractivity contribution in [3.8, 4) is 0 Å². The third kappa shape index (κ3) is 3.74. The summed E-state index contributed by atoms with van der Waals surface area (Å²) in [5.41, 5.74) is -0.936. The molecule has 0 aliphatic rings. The van der Waals surface area contributed by atoms with Gasteiger partial charge < -0.3 is 18.1 Å². The van der Waals surface area contributed by atoms with Crippen molar-refractivity contribution in [2.75, 3.05) is 0 Å². The SMILES string of the molecule is O=C(O)c1ccc([B-](F)(F)F)cc1.[K+]. The number of halogens is 3. The molecule has 0 fully saturated rings. The van der Waals surface area contributed by atoms with E-state index in [4.69, 9.17) is 5.11 Å². The maximum atomic E-state index is 12.0. The Bertz CT molecular complexity index is 323. The molecule has 14 heavy (non-hydrogen) atoms. The van der Waals surface area contributed by atoms with Crippen LogP contribution in [-0.4, -0.2) is 18.1 Å². The van der Waals surface area contributed by atoms with Crippen LogP contribution in [0.1, 0.15) is 10.4 Å². The zero-order chi connectivity index (χ0) is 10.1. The first-order valence-electron chi connectivity index (χ1n) is 3.44. The van der Waals surface area contributed by atoms with Gasteiger partial charge in [-0.3, -0.25) is 0 Å². The summed E-state index contributed by atoms with van der Waals surface area (Å²) in [4.78, 5) is 10.3. The molecule has 0 aliphatic heterocycles. The average molecular weight is 228 g/mol. The Morgan fingerprint density at radius 3 is 1.86 bits per heavy atom. The van der Waals surface area contributed by atoms with E-state index in [9.17, 15) is 17.7 Å². The van der Waals surface area contributed by atoms with Gasteiger partial charge in [-0.25, -0.2) is 4.79 Å². The summed E-state index contributed by atoms with van der Waals surface area (Å²) in [6.45, 7) is -5.03. The van der Waals surface area contributed by atoms with Crippen LogP contribution in [0.15, 0.2) is 24.3 Å². The molecule has 0 amide bonds. The Morgan fingerprint density at radius 1 is 1.14 bits per heavy atom. The summed E-state index contributed by atoms with van der Waals surface area (Å²) < 4.78 is 36.1. The monoisotopic (exact) mass is 228 g/mol. The summed E-state index contributed by atoms with van der Waals surface area (Å²) >= 11 is 0. The van der Waals surface area contributed by atoms with Crippen molar-refractivity contribution in [1.82, 2.24) is 0 Å². The first-order chi connectivity index (χ1) is 5.91. The quantitative estimate of drug-likeness (QED) is 0.622. The van der Waals surface area contributed by atoms with Crippen LogP contribution in [0.3, 0.4) is 0 Å². The van der Waals surface area contributed by atoms with Gasteiger partial charge in [-0.15, -0.1) is 5.46 Å². The molecule has 1 aromatic carbocycles. The van der Waals surface area contributed by atoms with Crippen LogP contribution < -0.4 is 56.8 Å². The number of hydrogen-bond donors (Lipinski definition) is 1. The summed E-state index contributed by atoms with van der Waals surface area (Å²) in [5, 5.41) is 8.40. The first kappa shape index (κ1) is 14.2. The maximum absolute atomic E-state index is 12.0. The van der Waals surface area contributed by atoms with Gasteiger partial charge in [0, 0.05) is 0 Å². The van der Waals surface area contributed by atoms with Crippen molar-refractivity contribution in [3.63, 3.8) is 0 Å². The summed E-state index contributed by atoms with van der Waals surface area (Å²) in [6.07, 6.45) is 0. The van der Waals surface area contributed by atoms with Crippen molar-refractivity contribution in [3.05, 3.63) is 29.8 Å². The molecule has 0 saturated heterocycles. The molecule has 0 aliphatic carbocycles. The Balaban J connectivity index is 0.00000169. The molecule has 0 radical (unpaired) electrons. The predicted octanol–water partition coefficient (Wildman–Crippen LogP) is -1.56. The molecule has 2 nitrogen and oxygen atoms in total. The van der Waals surface area contributed by atoms with E-state index in [-0.39, 0.29) is 56.9 Å². The number of carboxylic acids is 1. The summed E-state index contributed by atoms with van der Waals surface area (Å²) in [6, 6.07) is 3.41. The molecule has 0 aromatic heterocycles. The van der Waals surface area contributed by atoms with Gasteiger partial charge in [-0.2, -0.15) is 0 Å². The van der Waals surface area contributed by atoms with E-state index in [0.29, 0.717) is 0 Å². The molecular formula is C7H5BF3KO2. The smallest absolute Gasteiger partial charge is 0.478 e. The number of hydrogen-bond acceptors (Lipinski definition) is 1. The molecule has 0 bridgehead atoms. The Hall–Kier alpha value is 0.181. The van der Waals surface area contributed by atoms with Crippen LogP contribution in [0.4, 0.5) is 12.9 Å². The number of rotatable bonds is 2. The second-order valence-corrected chi connectivity index (χ2v) is 2.50. The van der Waals surface area contributed by atoms with E-state index in [2.05, 4.69) is 0 Å². The minimum absolute atomic E-state index is 0. The molecule has 1 N–H and O–H groups in total. The maximum Gasteiger partial charge on any atom is 1.00 e. The normalized spacial score (nSPS) is 10.5. The van der Waals surface area contributed by atoms with E-state index in [1.54, 1.807) is 0 Å². The van der Waals surface area contributed by atoms with Crippen LogP contribution in [0.25, 0.3) is 0 Å². The Labute approximate surface area is 121 Å². The standard InChI is InChI=1S/C7H5BF3O2.K/c9-8(10,11)6-3-1-5(2-4-6)7(12)13;/h1-4H,(H,12,13);/q-1;+1. The summed E-state index contributed by atoms with van der Waals surface area (Å²) in [7, 11) is 0. The van der Waals surface area contributed by atoms with Crippen molar-refractivity contribution < 1.29 is 74.2 Å². The minimum atomic E-state index is -5.03. The zero-order valence-electron chi connectivity index (χ0n) is 7.38. The van der Waals surface area contributed by atoms with Gasteiger partial charge in [0.05, 0.1) is 5.56 Å². The predicted molar refractivity (Wildman–Crippen MR) is 42.1 cm³/mol. The molecule has 0 heterocycles. The van der Waals surface area contributed by atoms with Crippen LogP contribution in [-0.2, 0) is 0 Å². The van der Waals surface area contributed by atoms with Gasteiger partial charge in [-0.1, -0.05) is 24.3 Å². The van der Waals surface area contributed by atoms with Crippen molar-refractivity contribution >= 4 is 18.4 Å². The number of carbonyl (C=O) groups is 1. The third-order valence-electron chi connectivity index (χ3n) is 1.54. The molecule has 70 valence electrons. The molecule has 0 atom stereocenters. The van der Waals surface area contributed by atoms with Crippen LogP contribution in [0.2, 0.25) is 0 Å². The second kappa shape index (κ2) is 5.32. The molecule has 1 rings (SSSR count). The topological polar surface area (TPSA) is 37.3 Å². The van der Waals surface area contributed by atoms with Gasteiger partial charge in [-0.05, 0) is 0 Å². The van der Waals surface area contributed by atoms with E-state index >= 15 is 0 Å². The number of carboxylic acid groups (broad SMARTS) is 1. The van der Waals surface area contributed by atoms with E-state index in [1.807, 2.05) is 0 Å². The van der Waals surface area contributed by atoms with Crippen LogP contribution in [0, 0.1) is 0 Å². The fraction of sp³-hybridized carbons (Fsp3) is 0. The van der Waals surface area contributed by atoms with E-state index < -0.39 is 18.4 Å². The van der Waals surface area contributed by atoms with Crippen molar-refractivity contribution in [1.29, 1.82) is 0 Å². The van der Waals surface area contributed by atoms with Crippen molar-refractivity contribution in [2.45, 2.75) is 0 Å². The van der Waals surface area contributed by atoms with Gasteiger partial charge >= 0.3 is 64.3 Å². The number of aromatic carboxylic acids is 1. The van der Waals surface area contributed by atoms with Gasteiger partial charge in [0.1, 0.15) is 0 Å². The van der Waals surface area contributed by atoms with Crippen molar-refractivity contribution in [2.24, 2.45) is 0 Å². The Morgan fingerprint density at radius 2 is 1.57 bits per heavy atom. The zero-order valence-corrected chi connectivity index (χ0v) is 10.5. The largest absolute Gasteiger partial charge is 1.00 e. The Kier molecular flexibility index (Phi) is 5.38. The van der Waals surface area contributed by atoms with Gasteiger partial charge in [0.25, 0.3) is 0 Å². The van der Waals surface area contributed by atoms with E-state index in [1.165, 1.54) is 0 Å². The summed E-state index contributed by atoms with van der Waals surface area (Å²) in [5.74, 6) is -1.23. The average Bonchev–Trinajstić information content (AvgIpc) is 2.03. The molecular weight excluding hydrogens is 223 g/mol. The third-order valence-corrected chi connectivity index (χ3v) is 1.54. The fourth-order valence-corrected chi connectivity index (χ4v) is 0.844. The second-order valence-electron chi connectivity index (χ2n) is 2.50. The van der Waals surface area contributed by atoms with E-state index in [0.717, 1.165) is 24.3 Å². The molecule has 7 heteroatoms. The van der Waals surface area contributed by atoms with Crippen LogP contribution in [0.5, 0.6) is 0 Å². The molecule has 1 aromatic rings. The van der Waals surface area contributed by atoms with Gasteiger partial charge in [0.2, 0.25) is 0 Å². The molecule has 0 saturated carbocycles. The minimum Gasteiger partial charge on any atom is -0.478 e. The fourth-order valence-electron chi connectivity index (χ4n) is 0.844.